The standard InChI is InChI=1S/C15H30O2/c1-4-5-13-17-15(16)12-10-8-6-7-9-11-14(2)3/h14H,4-13H2,1-3H3. The molecule has 2 nitrogen and oxygen atoms in total. The molecule has 0 saturated carbocycles. The third kappa shape index (κ3) is 13.4. The summed E-state index contributed by atoms with van der Waals surface area (Å²) in [7, 11) is 0. The van der Waals surface area contributed by atoms with Crippen LogP contribution in [0.3, 0.4) is 0 Å². The van der Waals surface area contributed by atoms with E-state index in [4.69, 9.17) is 4.74 Å². The minimum Gasteiger partial charge on any atom is -0.466 e. The van der Waals surface area contributed by atoms with Gasteiger partial charge in [-0.25, -0.2) is 0 Å². The molecular formula is C15H30O2. The lowest BCUT2D eigenvalue weighted by Crippen LogP contribution is -2.05. The largest absolute Gasteiger partial charge is 0.466 e. The highest BCUT2D eigenvalue weighted by molar-refractivity contribution is 5.69. The Kier molecular flexibility index (Phi) is 11.6. The monoisotopic (exact) mass is 242 g/mol. The molecule has 0 aliphatic heterocycles. The molecule has 0 fully saturated rings. The molecule has 0 heterocycles. The van der Waals surface area contributed by atoms with Crippen LogP contribution in [0.4, 0.5) is 0 Å². The van der Waals surface area contributed by atoms with Crippen LogP contribution in [0.25, 0.3) is 0 Å². The predicted octanol–water partition coefficient (Wildman–Crippen LogP) is 4.72. The second kappa shape index (κ2) is 11.9. The predicted molar refractivity (Wildman–Crippen MR) is 73.0 cm³/mol. The molecule has 0 amide bonds. The molecule has 0 spiro atoms. The van der Waals surface area contributed by atoms with E-state index in [1.165, 1.54) is 32.1 Å². The summed E-state index contributed by atoms with van der Waals surface area (Å²) >= 11 is 0. The fourth-order valence-electron chi connectivity index (χ4n) is 1.75. The van der Waals surface area contributed by atoms with E-state index >= 15 is 0 Å². The Hall–Kier alpha value is -0.530. The van der Waals surface area contributed by atoms with Crippen LogP contribution in [0, 0.1) is 5.92 Å². The van der Waals surface area contributed by atoms with Crippen molar-refractivity contribution in [3.05, 3.63) is 0 Å². The van der Waals surface area contributed by atoms with Crippen LogP contribution in [-0.2, 0) is 9.53 Å². The number of carbonyl (C=O) groups is 1. The number of rotatable bonds is 11. The molecule has 0 saturated heterocycles. The molecule has 0 aliphatic carbocycles. The van der Waals surface area contributed by atoms with E-state index in [1.807, 2.05) is 0 Å². The molecule has 0 aromatic carbocycles. The highest BCUT2D eigenvalue weighted by Crippen LogP contribution is 2.11. The van der Waals surface area contributed by atoms with Crippen LogP contribution in [0.2, 0.25) is 0 Å². The number of hydrogen-bond acceptors (Lipinski definition) is 2. The van der Waals surface area contributed by atoms with Gasteiger partial charge in [-0.05, 0) is 18.8 Å². The number of carbonyl (C=O) groups excluding carboxylic acids is 1. The highest BCUT2D eigenvalue weighted by Gasteiger charge is 2.01. The van der Waals surface area contributed by atoms with Crippen molar-refractivity contribution in [3.8, 4) is 0 Å². The topological polar surface area (TPSA) is 26.3 Å². The first-order valence-electron chi connectivity index (χ1n) is 7.32. The van der Waals surface area contributed by atoms with Crippen LogP contribution in [-0.4, -0.2) is 12.6 Å². The van der Waals surface area contributed by atoms with Gasteiger partial charge in [0.25, 0.3) is 0 Å². The van der Waals surface area contributed by atoms with E-state index < -0.39 is 0 Å². The van der Waals surface area contributed by atoms with Crippen molar-refractivity contribution in [2.45, 2.75) is 78.6 Å². The second-order valence-electron chi connectivity index (χ2n) is 5.27. The normalized spacial score (nSPS) is 10.8. The van der Waals surface area contributed by atoms with Gasteiger partial charge in [0.15, 0.2) is 0 Å². The summed E-state index contributed by atoms with van der Waals surface area (Å²) in [5.41, 5.74) is 0. The van der Waals surface area contributed by atoms with Crippen LogP contribution < -0.4 is 0 Å². The van der Waals surface area contributed by atoms with E-state index in [0.717, 1.165) is 25.2 Å². The lowest BCUT2D eigenvalue weighted by Gasteiger charge is -2.05. The number of esters is 1. The van der Waals surface area contributed by atoms with Crippen molar-refractivity contribution >= 4 is 5.97 Å². The number of ether oxygens (including phenoxy) is 1. The Labute approximate surface area is 107 Å². The Bertz CT molecular complexity index is 176. The fraction of sp³-hybridized carbons (Fsp3) is 0.933. The average Bonchev–Trinajstić information content (AvgIpc) is 2.28. The second-order valence-corrected chi connectivity index (χ2v) is 5.27. The van der Waals surface area contributed by atoms with Gasteiger partial charge >= 0.3 is 5.97 Å². The summed E-state index contributed by atoms with van der Waals surface area (Å²) in [6, 6.07) is 0. The van der Waals surface area contributed by atoms with Crippen LogP contribution in [0.15, 0.2) is 0 Å². The van der Waals surface area contributed by atoms with E-state index in [1.54, 1.807) is 0 Å². The zero-order valence-electron chi connectivity index (χ0n) is 12.0. The fourth-order valence-corrected chi connectivity index (χ4v) is 1.75. The van der Waals surface area contributed by atoms with Gasteiger partial charge in [0.05, 0.1) is 6.61 Å². The molecule has 102 valence electrons. The third-order valence-corrected chi connectivity index (χ3v) is 2.92. The maximum atomic E-state index is 11.3. The summed E-state index contributed by atoms with van der Waals surface area (Å²) in [5.74, 6) is 0.809. The molecule has 0 unspecified atom stereocenters. The van der Waals surface area contributed by atoms with E-state index in [2.05, 4.69) is 20.8 Å². The molecule has 0 radical (unpaired) electrons. The van der Waals surface area contributed by atoms with Crippen LogP contribution in [0.5, 0.6) is 0 Å². The summed E-state index contributed by atoms with van der Waals surface area (Å²) in [4.78, 5) is 11.3. The highest BCUT2D eigenvalue weighted by atomic mass is 16.5. The smallest absolute Gasteiger partial charge is 0.305 e. The first-order chi connectivity index (χ1) is 8.16. The number of hydrogen-bond donors (Lipinski definition) is 0. The zero-order chi connectivity index (χ0) is 12.9. The lowest BCUT2D eigenvalue weighted by molar-refractivity contribution is -0.143. The SMILES string of the molecule is CCCCOC(=O)CCCCCCCC(C)C. The van der Waals surface area contributed by atoms with Gasteiger partial charge in [0, 0.05) is 6.42 Å². The Morgan fingerprint density at radius 2 is 1.65 bits per heavy atom. The maximum Gasteiger partial charge on any atom is 0.305 e. The van der Waals surface area contributed by atoms with Gasteiger partial charge in [-0.1, -0.05) is 59.3 Å². The first kappa shape index (κ1) is 16.5. The minimum absolute atomic E-state index is 0.0133. The summed E-state index contributed by atoms with van der Waals surface area (Å²) in [6.45, 7) is 7.24. The number of unbranched alkanes of at least 4 members (excludes halogenated alkanes) is 5. The molecule has 0 aromatic rings. The van der Waals surface area contributed by atoms with Gasteiger partial charge in [-0.2, -0.15) is 0 Å². The van der Waals surface area contributed by atoms with E-state index in [-0.39, 0.29) is 5.97 Å². The van der Waals surface area contributed by atoms with Crippen molar-refractivity contribution in [2.24, 2.45) is 5.92 Å². The van der Waals surface area contributed by atoms with Gasteiger partial charge in [-0.3, -0.25) is 4.79 Å². The summed E-state index contributed by atoms with van der Waals surface area (Å²) < 4.78 is 5.10. The maximum absolute atomic E-state index is 11.3. The van der Waals surface area contributed by atoms with Crippen LogP contribution >= 0.6 is 0 Å². The van der Waals surface area contributed by atoms with Crippen molar-refractivity contribution < 1.29 is 9.53 Å². The third-order valence-electron chi connectivity index (χ3n) is 2.92. The Balaban J connectivity index is 3.14. The van der Waals surface area contributed by atoms with Crippen molar-refractivity contribution in [2.75, 3.05) is 6.61 Å². The summed E-state index contributed by atoms with van der Waals surface area (Å²) in [5, 5.41) is 0. The summed E-state index contributed by atoms with van der Waals surface area (Å²) in [6.07, 6.45) is 10.1. The van der Waals surface area contributed by atoms with Gasteiger partial charge < -0.3 is 4.74 Å². The molecular weight excluding hydrogens is 212 g/mol. The molecule has 0 N–H and O–H groups in total. The Morgan fingerprint density at radius 1 is 1.00 bits per heavy atom. The zero-order valence-corrected chi connectivity index (χ0v) is 12.0. The molecule has 0 aromatic heterocycles. The minimum atomic E-state index is -0.0133. The van der Waals surface area contributed by atoms with Crippen molar-refractivity contribution in [1.29, 1.82) is 0 Å². The Morgan fingerprint density at radius 3 is 2.29 bits per heavy atom. The molecule has 0 bridgehead atoms. The molecule has 2 heteroatoms. The van der Waals surface area contributed by atoms with Gasteiger partial charge in [0.1, 0.15) is 0 Å². The quantitative estimate of drug-likeness (QED) is 0.387. The van der Waals surface area contributed by atoms with Crippen molar-refractivity contribution in [1.82, 2.24) is 0 Å². The molecule has 0 atom stereocenters. The van der Waals surface area contributed by atoms with E-state index in [9.17, 15) is 4.79 Å². The van der Waals surface area contributed by atoms with Gasteiger partial charge in [-0.15, -0.1) is 0 Å². The first-order valence-corrected chi connectivity index (χ1v) is 7.32. The molecule has 0 rings (SSSR count). The van der Waals surface area contributed by atoms with Crippen molar-refractivity contribution in [3.63, 3.8) is 0 Å². The van der Waals surface area contributed by atoms with Crippen LogP contribution in [0.1, 0.15) is 78.6 Å². The molecule has 0 aliphatic rings. The lowest BCUT2D eigenvalue weighted by atomic mass is 10.0. The molecule has 17 heavy (non-hydrogen) atoms. The van der Waals surface area contributed by atoms with Gasteiger partial charge in [0.2, 0.25) is 0 Å². The average molecular weight is 242 g/mol. The van der Waals surface area contributed by atoms with E-state index in [0.29, 0.717) is 13.0 Å².